The van der Waals surface area contributed by atoms with Crippen molar-refractivity contribution in [2.45, 2.75) is 95.6 Å². The van der Waals surface area contributed by atoms with E-state index in [9.17, 15) is 4.79 Å². The standard InChI is InChI=1S/C25H34N2O3/c1-29-21-14-13-18(17-22(21)30-20-11-5-6-12-20)23-25(15-7-2-8-16-25)24(28)27(26-23)19-9-3-4-10-19/h13-14,17,19-20H,2-12,15-16H2,1H3. The van der Waals surface area contributed by atoms with E-state index in [1.807, 2.05) is 11.1 Å². The molecule has 1 aromatic carbocycles. The third-order valence-corrected chi connectivity index (χ3v) is 7.69. The van der Waals surface area contributed by atoms with Gasteiger partial charge in [-0.25, -0.2) is 5.01 Å². The minimum atomic E-state index is -0.444. The summed E-state index contributed by atoms with van der Waals surface area (Å²) in [6.45, 7) is 0. The van der Waals surface area contributed by atoms with Gasteiger partial charge in [0.25, 0.3) is 5.91 Å². The van der Waals surface area contributed by atoms with Gasteiger partial charge in [-0.3, -0.25) is 4.79 Å². The molecule has 0 radical (unpaired) electrons. The minimum Gasteiger partial charge on any atom is -0.493 e. The van der Waals surface area contributed by atoms with Gasteiger partial charge in [-0.2, -0.15) is 5.10 Å². The lowest BCUT2D eigenvalue weighted by Gasteiger charge is -2.33. The van der Waals surface area contributed by atoms with Crippen molar-refractivity contribution in [2.75, 3.05) is 7.11 Å². The van der Waals surface area contributed by atoms with Crippen LogP contribution in [0.4, 0.5) is 0 Å². The number of benzene rings is 1. The largest absolute Gasteiger partial charge is 0.493 e. The van der Waals surface area contributed by atoms with Gasteiger partial charge in [0.1, 0.15) is 0 Å². The second-order valence-electron chi connectivity index (χ2n) is 9.57. The van der Waals surface area contributed by atoms with Crippen LogP contribution in [-0.4, -0.2) is 35.9 Å². The van der Waals surface area contributed by atoms with Crippen LogP contribution < -0.4 is 9.47 Å². The molecule has 0 aromatic heterocycles. The molecule has 0 unspecified atom stereocenters. The highest BCUT2D eigenvalue weighted by Gasteiger charge is 2.53. The Bertz CT molecular complexity index is 816. The van der Waals surface area contributed by atoms with Crippen molar-refractivity contribution in [3.05, 3.63) is 23.8 Å². The Morgan fingerprint density at radius 2 is 1.63 bits per heavy atom. The quantitative estimate of drug-likeness (QED) is 0.648. The van der Waals surface area contributed by atoms with Gasteiger partial charge < -0.3 is 9.47 Å². The number of carbonyl (C=O) groups is 1. The monoisotopic (exact) mass is 410 g/mol. The van der Waals surface area contributed by atoms with E-state index in [-0.39, 0.29) is 18.1 Å². The highest BCUT2D eigenvalue weighted by atomic mass is 16.5. The Morgan fingerprint density at radius 1 is 0.933 bits per heavy atom. The van der Waals surface area contributed by atoms with Crippen molar-refractivity contribution in [3.8, 4) is 11.5 Å². The number of methoxy groups -OCH3 is 1. The molecule has 1 aromatic rings. The van der Waals surface area contributed by atoms with E-state index in [0.29, 0.717) is 0 Å². The molecule has 1 amide bonds. The zero-order chi connectivity index (χ0) is 20.6. The molecule has 0 bridgehead atoms. The summed E-state index contributed by atoms with van der Waals surface area (Å²) in [5.74, 6) is 1.81. The third-order valence-electron chi connectivity index (χ3n) is 7.69. The summed E-state index contributed by atoms with van der Waals surface area (Å²) >= 11 is 0. The zero-order valence-electron chi connectivity index (χ0n) is 18.2. The molecular weight excluding hydrogens is 376 g/mol. The maximum absolute atomic E-state index is 13.7. The Labute approximate surface area is 179 Å². The summed E-state index contributed by atoms with van der Waals surface area (Å²) in [6, 6.07) is 6.42. The molecule has 3 fully saturated rings. The zero-order valence-corrected chi connectivity index (χ0v) is 18.2. The van der Waals surface area contributed by atoms with Crippen molar-refractivity contribution >= 4 is 11.6 Å². The maximum atomic E-state index is 13.7. The third kappa shape index (κ3) is 3.40. The van der Waals surface area contributed by atoms with Crippen LogP contribution in [0, 0.1) is 5.41 Å². The van der Waals surface area contributed by atoms with Crippen molar-refractivity contribution < 1.29 is 14.3 Å². The molecule has 0 atom stereocenters. The second kappa shape index (κ2) is 8.24. The lowest BCUT2D eigenvalue weighted by Crippen LogP contribution is -2.44. The summed E-state index contributed by atoms with van der Waals surface area (Å²) < 4.78 is 11.9. The number of ether oxygens (including phenoxy) is 2. The molecule has 4 aliphatic rings. The van der Waals surface area contributed by atoms with Crippen LogP contribution in [0.25, 0.3) is 0 Å². The lowest BCUT2D eigenvalue weighted by atomic mass is 9.69. The van der Waals surface area contributed by atoms with Crippen molar-refractivity contribution in [1.82, 2.24) is 5.01 Å². The molecule has 0 N–H and O–H groups in total. The molecule has 30 heavy (non-hydrogen) atoms. The van der Waals surface area contributed by atoms with Crippen molar-refractivity contribution in [1.29, 1.82) is 0 Å². The predicted octanol–water partition coefficient (Wildman–Crippen LogP) is 5.46. The second-order valence-corrected chi connectivity index (χ2v) is 9.57. The number of carbonyl (C=O) groups excluding carboxylic acids is 1. The molecule has 1 spiro atoms. The molecule has 5 nitrogen and oxygen atoms in total. The van der Waals surface area contributed by atoms with Crippen LogP contribution in [0.1, 0.15) is 89.0 Å². The van der Waals surface area contributed by atoms with Gasteiger partial charge in [-0.15, -0.1) is 0 Å². The topological polar surface area (TPSA) is 51.1 Å². The molecule has 5 heteroatoms. The number of hydrogen-bond donors (Lipinski definition) is 0. The fraction of sp³-hybridized carbons (Fsp3) is 0.680. The number of rotatable bonds is 5. The fourth-order valence-electron chi connectivity index (χ4n) is 6.01. The maximum Gasteiger partial charge on any atom is 0.255 e. The summed E-state index contributed by atoms with van der Waals surface area (Å²) in [4.78, 5) is 13.7. The smallest absolute Gasteiger partial charge is 0.255 e. The van der Waals surface area contributed by atoms with Crippen LogP contribution in [0.15, 0.2) is 23.3 Å². The fourth-order valence-corrected chi connectivity index (χ4v) is 6.01. The summed E-state index contributed by atoms with van der Waals surface area (Å²) in [5.41, 5.74) is 1.55. The van der Waals surface area contributed by atoms with Crippen LogP contribution >= 0.6 is 0 Å². The lowest BCUT2D eigenvalue weighted by molar-refractivity contribution is -0.139. The first-order valence-corrected chi connectivity index (χ1v) is 12.0. The average Bonchev–Trinajstić information content (AvgIpc) is 3.53. The predicted molar refractivity (Wildman–Crippen MR) is 117 cm³/mol. The Kier molecular flexibility index (Phi) is 5.46. The van der Waals surface area contributed by atoms with Gasteiger partial charge in [-0.1, -0.05) is 32.1 Å². The Balaban J connectivity index is 1.52. The van der Waals surface area contributed by atoms with Gasteiger partial charge in [0.05, 0.1) is 30.4 Å². The van der Waals surface area contributed by atoms with Gasteiger partial charge in [0.15, 0.2) is 11.5 Å². The first kappa shape index (κ1) is 19.9. The van der Waals surface area contributed by atoms with E-state index in [1.165, 1.54) is 32.1 Å². The van der Waals surface area contributed by atoms with E-state index in [1.54, 1.807) is 7.11 Å². The number of amides is 1. The summed E-state index contributed by atoms with van der Waals surface area (Å²) in [6.07, 6.45) is 14.7. The summed E-state index contributed by atoms with van der Waals surface area (Å²) in [5, 5.41) is 6.90. The van der Waals surface area contributed by atoms with E-state index in [0.717, 1.165) is 74.1 Å². The molecule has 1 heterocycles. The summed E-state index contributed by atoms with van der Waals surface area (Å²) in [7, 11) is 1.69. The van der Waals surface area contributed by atoms with Gasteiger partial charge in [0, 0.05) is 5.56 Å². The molecule has 162 valence electrons. The van der Waals surface area contributed by atoms with Crippen LogP contribution in [0.5, 0.6) is 11.5 Å². The normalized spacial score (nSPS) is 24.6. The average molecular weight is 411 g/mol. The van der Waals surface area contributed by atoms with E-state index < -0.39 is 5.41 Å². The first-order valence-electron chi connectivity index (χ1n) is 12.0. The van der Waals surface area contributed by atoms with Crippen molar-refractivity contribution in [2.24, 2.45) is 10.5 Å². The van der Waals surface area contributed by atoms with Crippen LogP contribution in [0.2, 0.25) is 0 Å². The van der Waals surface area contributed by atoms with E-state index >= 15 is 0 Å². The van der Waals surface area contributed by atoms with Gasteiger partial charge in [0.2, 0.25) is 0 Å². The molecular formula is C25H34N2O3. The highest BCUT2D eigenvalue weighted by Crippen LogP contribution is 2.47. The number of hydrazone groups is 1. The SMILES string of the molecule is COc1ccc(C2=NN(C3CCCC3)C(=O)C23CCCCC3)cc1OC1CCCC1. The van der Waals surface area contributed by atoms with E-state index in [2.05, 4.69) is 12.1 Å². The van der Waals surface area contributed by atoms with Gasteiger partial charge >= 0.3 is 0 Å². The molecule has 3 saturated carbocycles. The Morgan fingerprint density at radius 3 is 2.33 bits per heavy atom. The molecule has 3 aliphatic carbocycles. The van der Waals surface area contributed by atoms with Crippen LogP contribution in [-0.2, 0) is 4.79 Å². The molecule has 5 rings (SSSR count). The first-order chi connectivity index (χ1) is 14.7. The number of hydrogen-bond acceptors (Lipinski definition) is 4. The highest BCUT2D eigenvalue weighted by molar-refractivity contribution is 6.20. The Hall–Kier alpha value is -2.04. The number of nitrogens with zero attached hydrogens (tertiary/aromatic N) is 2. The minimum absolute atomic E-state index is 0.248. The van der Waals surface area contributed by atoms with Gasteiger partial charge in [-0.05, 0) is 69.6 Å². The molecule has 0 saturated heterocycles. The van der Waals surface area contributed by atoms with E-state index in [4.69, 9.17) is 14.6 Å². The van der Waals surface area contributed by atoms with Crippen molar-refractivity contribution in [3.63, 3.8) is 0 Å². The van der Waals surface area contributed by atoms with Crippen LogP contribution in [0.3, 0.4) is 0 Å². The molecule has 1 aliphatic heterocycles.